The lowest BCUT2D eigenvalue weighted by atomic mass is 10.0. The van der Waals surface area contributed by atoms with Crippen molar-refractivity contribution in [3.63, 3.8) is 0 Å². The number of nitrogens with one attached hydrogen (secondary N) is 1. The molecule has 2 aromatic rings. The van der Waals surface area contributed by atoms with Crippen LogP contribution in [0.5, 0.6) is 0 Å². The molecule has 1 fully saturated rings. The molecule has 0 saturated carbocycles. The van der Waals surface area contributed by atoms with Gasteiger partial charge < -0.3 is 9.88 Å². The number of rotatable bonds is 5. The van der Waals surface area contributed by atoms with Crippen LogP contribution in [0, 0.1) is 0 Å². The molecule has 2 aliphatic rings. The van der Waals surface area contributed by atoms with Gasteiger partial charge in [-0.25, -0.2) is 4.98 Å². The van der Waals surface area contributed by atoms with Gasteiger partial charge in [-0.2, -0.15) is 0 Å². The second kappa shape index (κ2) is 7.53. The first-order valence-electron chi connectivity index (χ1n) is 9.74. The number of carbonyl (C=O) groups excluding carboxylic acids is 1. The maximum Gasteiger partial charge on any atom is 0.234 e. The van der Waals surface area contributed by atoms with Crippen molar-refractivity contribution in [1.82, 2.24) is 19.8 Å². The zero-order valence-corrected chi connectivity index (χ0v) is 16.5. The normalized spacial score (nSPS) is 21.5. The first-order chi connectivity index (χ1) is 12.6. The number of carbonyl (C=O) groups is 1. The molecular weight excluding hydrogens is 344 g/mol. The minimum atomic E-state index is 0.0732. The Labute approximate surface area is 159 Å². The predicted molar refractivity (Wildman–Crippen MR) is 104 cm³/mol. The second-order valence-electron chi connectivity index (χ2n) is 7.56. The second-order valence-corrected chi connectivity index (χ2v) is 8.54. The molecule has 1 N–H and O–H groups in total. The number of amides is 1. The highest BCUT2D eigenvalue weighted by atomic mass is 32.1. The Morgan fingerprint density at radius 1 is 1.38 bits per heavy atom. The Morgan fingerprint density at radius 2 is 2.23 bits per heavy atom. The smallest absolute Gasteiger partial charge is 0.234 e. The van der Waals surface area contributed by atoms with Crippen LogP contribution in [-0.4, -0.2) is 33.4 Å². The number of fused-ring (bicyclic) bond motifs is 1. The quantitative estimate of drug-likeness (QED) is 0.875. The first kappa shape index (κ1) is 17.7. The summed E-state index contributed by atoms with van der Waals surface area (Å²) in [6.45, 7) is 3.49. The van der Waals surface area contributed by atoms with Gasteiger partial charge in [0.2, 0.25) is 5.91 Å². The van der Waals surface area contributed by atoms with E-state index >= 15 is 0 Å². The lowest BCUT2D eigenvalue weighted by Crippen LogP contribution is -2.38. The van der Waals surface area contributed by atoms with E-state index in [-0.39, 0.29) is 18.0 Å². The summed E-state index contributed by atoms with van der Waals surface area (Å²) in [6.07, 6.45) is 7.00. The molecule has 2 atom stereocenters. The molecule has 0 radical (unpaired) electrons. The zero-order valence-electron chi connectivity index (χ0n) is 15.7. The molecule has 140 valence electrons. The molecule has 1 aliphatic carbocycles. The SMILES string of the molecule is C[C@H](NC(=O)CN1CCC[C@@H]1c1nc2c(n1C)CCCC2)c1cccs1. The maximum absolute atomic E-state index is 12.6. The number of aryl methyl sites for hydroxylation is 1. The highest BCUT2D eigenvalue weighted by Crippen LogP contribution is 2.33. The van der Waals surface area contributed by atoms with Gasteiger partial charge in [0.15, 0.2) is 0 Å². The van der Waals surface area contributed by atoms with Gasteiger partial charge in [0.05, 0.1) is 24.3 Å². The van der Waals surface area contributed by atoms with Crippen LogP contribution in [0.15, 0.2) is 17.5 Å². The monoisotopic (exact) mass is 372 g/mol. The van der Waals surface area contributed by atoms with Crippen molar-refractivity contribution < 1.29 is 4.79 Å². The summed E-state index contributed by atoms with van der Waals surface area (Å²) in [6, 6.07) is 4.45. The fourth-order valence-corrected chi connectivity index (χ4v) is 5.13. The molecule has 0 aromatic carbocycles. The molecule has 0 spiro atoms. The van der Waals surface area contributed by atoms with E-state index in [4.69, 9.17) is 4.98 Å². The highest BCUT2D eigenvalue weighted by Gasteiger charge is 2.32. The van der Waals surface area contributed by atoms with E-state index in [0.717, 1.165) is 38.1 Å². The molecule has 1 aliphatic heterocycles. The summed E-state index contributed by atoms with van der Waals surface area (Å²) in [4.78, 5) is 21.1. The number of nitrogens with zero attached hydrogens (tertiary/aromatic N) is 3. The van der Waals surface area contributed by atoms with Gasteiger partial charge in [-0.3, -0.25) is 9.69 Å². The van der Waals surface area contributed by atoms with Gasteiger partial charge >= 0.3 is 0 Å². The van der Waals surface area contributed by atoms with Crippen LogP contribution >= 0.6 is 11.3 Å². The number of likely N-dealkylation sites (tertiary alicyclic amines) is 1. The summed E-state index contributed by atoms with van der Waals surface area (Å²) >= 11 is 1.69. The molecule has 4 rings (SSSR count). The molecule has 0 unspecified atom stereocenters. The first-order valence-corrected chi connectivity index (χ1v) is 10.6. The van der Waals surface area contributed by atoms with Crippen molar-refractivity contribution in [2.24, 2.45) is 7.05 Å². The Hall–Kier alpha value is -1.66. The average Bonchev–Trinajstić information content (AvgIpc) is 3.36. The minimum Gasteiger partial charge on any atom is -0.348 e. The zero-order chi connectivity index (χ0) is 18.1. The van der Waals surface area contributed by atoms with Crippen LogP contribution in [0.1, 0.15) is 66.8 Å². The van der Waals surface area contributed by atoms with Gasteiger partial charge in [-0.15, -0.1) is 11.3 Å². The average molecular weight is 373 g/mol. The summed E-state index contributed by atoms with van der Waals surface area (Å²) in [7, 11) is 2.15. The molecule has 26 heavy (non-hydrogen) atoms. The van der Waals surface area contributed by atoms with Gasteiger partial charge in [0.1, 0.15) is 5.82 Å². The molecule has 0 bridgehead atoms. The third-order valence-corrected chi connectivity index (χ3v) is 6.82. The van der Waals surface area contributed by atoms with Crippen LogP contribution in [0.3, 0.4) is 0 Å². The van der Waals surface area contributed by atoms with Gasteiger partial charge in [0.25, 0.3) is 0 Å². The number of imidazole rings is 1. The summed E-state index contributed by atoms with van der Waals surface area (Å²) in [5.41, 5.74) is 2.70. The highest BCUT2D eigenvalue weighted by molar-refractivity contribution is 7.10. The van der Waals surface area contributed by atoms with Gasteiger partial charge in [0, 0.05) is 17.6 Å². The van der Waals surface area contributed by atoms with Crippen LogP contribution < -0.4 is 5.32 Å². The van der Waals surface area contributed by atoms with E-state index < -0.39 is 0 Å². The molecule has 1 amide bonds. The molecule has 6 heteroatoms. The van der Waals surface area contributed by atoms with Gasteiger partial charge in [-0.1, -0.05) is 6.07 Å². The van der Waals surface area contributed by atoms with E-state index in [0.29, 0.717) is 6.54 Å². The van der Waals surface area contributed by atoms with E-state index in [9.17, 15) is 4.79 Å². The van der Waals surface area contributed by atoms with Crippen molar-refractivity contribution in [1.29, 1.82) is 0 Å². The Morgan fingerprint density at radius 3 is 3.00 bits per heavy atom. The third-order valence-electron chi connectivity index (χ3n) is 5.76. The van der Waals surface area contributed by atoms with Crippen LogP contribution in [0.2, 0.25) is 0 Å². The minimum absolute atomic E-state index is 0.0732. The van der Waals surface area contributed by atoms with Crippen LogP contribution in [-0.2, 0) is 24.7 Å². The summed E-state index contributed by atoms with van der Waals surface area (Å²) < 4.78 is 2.31. The Bertz CT molecular complexity index is 767. The number of thiophene rings is 1. The predicted octanol–water partition coefficient (Wildman–Crippen LogP) is 3.37. The standard InChI is InChI=1S/C20H28N4OS/c1-14(18-10-6-12-26-18)21-19(25)13-24-11-5-9-17(24)20-22-15-7-3-4-8-16(15)23(20)2/h6,10,12,14,17H,3-5,7-9,11,13H2,1-2H3,(H,21,25)/t14-,17+/m0/s1. The lowest BCUT2D eigenvalue weighted by Gasteiger charge is -2.24. The van der Waals surface area contributed by atoms with Crippen molar-refractivity contribution in [3.8, 4) is 0 Å². The van der Waals surface area contributed by atoms with Crippen molar-refractivity contribution in [3.05, 3.63) is 39.6 Å². The number of aromatic nitrogens is 2. The van der Waals surface area contributed by atoms with E-state index in [2.05, 4.69) is 40.2 Å². The molecular formula is C20H28N4OS. The Balaban J connectivity index is 1.44. The molecule has 1 saturated heterocycles. The number of hydrogen-bond donors (Lipinski definition) is 1. The van der Waals surface area contributed by atoms with Crippen molar-refractivity contribution in [2.45, 2.75) is 57.5 Å². The fraction of sp³-hybridized carbons (Fsp3) is 0.600. The van der Waals surface area contributed by atoms with E-state index in [1.807, 2.05) is 6.07 Å². The van der Waals surface area contributed by atoms with E-state index in [1.54, 1.807) is 11.3 Å². The summed E-state index contributed by atoms with van der Waals surface area (Å²) in [5.74, 6) is 1.27. The van der Waals surface area contributed by atoms with Crippen LogP contribution in [0.25, 0.3) is 0 Å². The fourth-order valence-electron chi connectivity index (χ4n) is 4.39. The lowest BCUT2D eigenvalue weighted by molar-refractivity contribution is -0.123. The number of hydrogen-bond acceptors (Lipinski definition) is 4. The van der Waals surface area contributed by atoms with Crippen molar-refractivity contribution >= 4 is 17.2 Å². The maximum atomic E-state index is 12.6. The van der Waals surface area contributed by atoms with E-state index in [1.165, 1.54) is 29.1 Å². The third kappa shape index (κ3) is 3.45. The Kier molecular flexibility index (Phi) is 5.14. The molecule has 5 nitrogen and oxygen atoms in total. The van der Waals surface area contributed by atoms with Crippen LogP contribution in [0.4, 0.5) is 0 Å². The van der Waals surface area contributed by atoms with Crippen molar-refractivity contribution in [2.75, 3.05) is 13.1 Å². The topological polar surface area (TPSA) is 50.2 Å². The molecule has 3 heterocycles. The summed E-state index contributed by atoms with van der Waals surface area (Å²) in [5, 5.41) is 5.20. The largest absolute Gasteiger partial charge is 0.348 e. The molecule has 2 aromatic heterocycles. The van der Waals surface area contributed by atoms with Gasteiger partial charge in [-0.05, 0) is 63.4 Å².